The largest absolute Gasteiger partial charge is 0.285 e. The van der Waals surface area contributed by atoms with Gasteiger partial charge < -0.3 is 0 Å². The van der Waals surface area contributed by atoms with Gasteiger partial charge in [0, 0.05) is 11.1 Å². The molecule has 1 rings (SSSR count). The van der Waals surface area contributed by atoms with Gasteiger partial charge >= 0.3 is 0 Å². The van der Waals surface area contributed by atoms with Crippen LogP contribution in [0.3, 0.4) is 0 Å². The van der Waals surface area contributed by atoms with Crippen LogP contribution < -0.4 is 0 Å². The molecule has 5 heteroatoms. The summed E-state index contributed by atoms with van der Waals surface area (Å²) in [6, 6.07) is 3.72. The van der Waals surface area contributed by atoms with E-state index in [2.05, 4.69) is 0 Å². The SMILES string of the molecule is O=[C]c1cc(Cl)ccc1[N+](=O)[O-]. The molecule has 61 valence electrons. The van der Waals surface area contributed by atoms with Gasteiger partial charge in [0.25, 0.3) is 5.69 Å². The zero-order chi connectivity index (χ0) is 9.14. The molecule has 4 nitrogen and oxygen atoms in total. The highest BCUT2D eigenvalue weighted by atomic mass is 35.5. The highest BCUT2D eigenvalue weighted by molar-refractivity contribution is 6.30. The van der Waals surface area contributed by atoms with Crippen molar-refractivity contribution in [2.45, 2.75) is 0 Å². The molecule has 1 aromatic carbocycles. The molecule has 0 heterocycles. The predicted molar refractivity (Wildman–Crippen MR) is 42.9 cm³/mol. The maximum absolute atomic E-state index is 10.3. The van der Waals surface area contributed by atoms with Gasteiger partial charge in [-0.2, -0.15) is 0 Å². The molecule has 0 spiro atoms. The van der Waals surface area contributed by atoms with Crippen LogP contribution in [-0.2, 0) is 4.79 Å². The number of hydrogen-bond acceptors (Lipinski definition) is 3. The molecule has 0 saturated carbocycles. The molecule has 0 amide bonds. The summed E-state index contributed by atoms with van der Waals surface area (Å²) in [4.78, 5) is 19.8. The molecule has 1 radical (unpaired) electrons. The van der Waals surface area contributed by atoms with Crippen molar-refractivity contribution in [2.75, 3.05) is 0 Å². The monoisotopic (exact) mass is 184 g/mol. The lowest BCUT2D eigenvalue weighted by Crippen LogP contribution is -1.93. The second kappa shape index (κ2) is 3.32. The molecule has 1 aromatic rings. The summed E-state index contributed by atoms with van der Waals surface area (Å²) >= 11 is 5.50. The number of rotatable bonds is 2. The maximum Gasteiger partial charge on any atom is 0.280 e. The van der Waals surface area contributed by atoms with Crippen LogP contribution in [0.5, 0.6) is 0 Å². The van der Waals surface area contributed by atoms with Gasteiger partial charge in [0.05, 0.1) is 4.92 Å². The van der Waals surface area contributed by atoms with E-state index in [4.69, 9.17) is 11.6 Å². The average molecular weight is 185 g/mol. The summed E-state index contributed by atoms with van der Waals surface area (Å²) in [7, 11) is 0. The molecule has 0 aliphatic carbocycles. The Morgan fingerprint density at radius 3 is 2.67 bits per heavy atom. The van der Waals surface area contributed by atoms with Gasteiger partial charge in [-0.05, 0) is 12.1 Å². The van der Waals surface area contributed by atoms with E-state index in [1.807, 2.05) is 0 Å². The molecular formula is C7H3ClNO3. The van der Waals surface area contributed by atoms with Crippen LogP contribution in [0.1, 0.15) is 5.56 Å². The maximum atomic E-state index is 10.3. The first kappa shape index (κ1) is 8.67. The number of benzene rings is 1. The Bertz CT molecular complexity index is 337. The Morgan fingerprint density at radius 2 is 2.17 bits per heavy atom. The molecule has 0 atom stereocenters. The molecule has 0 aliphatic heterocycles. The zero-order valence-corrected chi connectivity index (χ0v) is 6.54. The predicted octanol–water partition coefficient (Wildman–Crippen LogP) is 1.71. The Kier molecular flexibility index (Phi) is 2.40. The fraction of sp³-hybridized carbons (Fsp3) is 0. The van der Waals surface area contributed by atoms with E-state index in [0.717, 1.165) is 0 Å². The van der Waals surface area contributed by atoms with E-state index in [0.29, 0.717) is 0 Å². The van der Waals surface area contributed by atoms with Crippen molar-refractivity contribution in [1.82, 2.24) is 0 Å². The number of halogens is 1. The molecule has 0 aromatic heterocycles. The average Bonchev–Trinajstić information content (AvgIpc) is 2.03. The number of hydrogen-bond donors (Lipinski definition) is 0. The first-order valence-electron chi connectivity index (χ1n) is 2.97. The summed E-state index contributed by atoms with van der Waals surface area (Å²) < 4.78 is 0. The smallest absolute Gasteiger partial charge is 0.280 e. The van der Waals surface area contributed by atoms with Gasteiger partial charge in [0.1, 0.15) is 5.56 Å². The topological polar surface area (TPSA) is 60.2 Å². The van der Waals surface area contributed by atoms with Crippen molar-refractivity contribution >= 4 is 23.6 Å². The Balaban J connectivity index is 3.29. The van der Waals surface area contributed by atoms with Gasteiger partial charge in [0.2, 0.25) is 6.29 Å². The Hall–Kier alpha value is -1.42. The molecule has 0 bridgehead atoms. The Morgan fingerprint density at radius 1 is 1.50 bits per heavy atom. The number of nitrogens with zero attached hydrogens (tertiary/aromatic N) is 1. The van der Waals surface area contributed by atoms with E-state index >= 15 is 0 Å². The minimum absolute atomic E-state index is 0.132. The third-order valence-electron chi connectivity index (χ3n) is 1.27. The lowest BCUT2D eigenvalue weighted by molar-refractivity contribution is -0.385. The van der Waals surface area contributed by atoms with Crippen LogP contribution in [0, 0.1) is 10.1 Å². The van der Waals surface area contributed by atoms with Crippen molar-refractivity contribution < 1.29 is 9.72 Å². The highest BCUT2D eigenvalue weighted by Crippen LogP contribution is 2.20. The summed E-state index contributed by atoms with van der Waals surface area (Å²) in [5, 5.41) is 10.6. The molecule has 0 saturated heterocycles. The number of nitro groups is 1. The molecule has 0 fully saturated rings. The van der Waals surface area contributed by atoms with Gasteiger partial charge in [-0.3, -0.25) is 14.9 Å². The van der Waals surface area contributed by atoms with E-state index in [9.17, 15) is 14.9 Å². The Labute approximate surface area is 72.9 Å². The van der Waals surface area contributed by atoms with Gasteiger partial charge in [-0.1, -0.05) is 11.6 Å². The summed E-state index contributed by atoms with van der Waals surface area (Å²) in [5.74, 6) is 0. The van der Waals surface area contributed by atoms with Crippen molar-refractivity contribution in [2.24, 2.45) is 0 Å². The summed E-state index contributed by atoms with van der Waals surface area (Å²) in [6.07, 6.45) is 1.44. The van der Waals surface area contributed by atoms with E-state index in [1.165, 1.54) is 24.5 Å². The minimum Gasteiger partial charge on any atom is -0.285 e. The summed E-state index contributed by atoms with van der Waals surface area (Å²) in [5.41, 5.74) is -0.415. The van der Waals surface area contributed by atoms with Crippen LogP contribution in [0.15, 0.2) is 18.2 Å². The molecule has 0 unspecified atom stereocenters. The minimum atomic E-state index is -0.656. The van der Waals surface area contributed by atoms with Gasteiger partial charge in [-0.15, -0.1) is 0 Å². The third-order valence-corrected chi connectivity index (χ3v) is 1.50. The molecule has 0 N–H and O–H groups in total. The van der Waals surface area contributed by atoms with Crippen LogP contribution in [0.2, 0.25) is 5.02 Å². The molecule has 0 aliphatic rings. The standard InChI is InChI=1S/C7H3ClNO3/c8-6-1-2-7(9(11)12)5(3-6)4-10/h1-3H. The van der Waals surface area contributed by atoms with E-state index < -0.39 is 4.92 Å². The second-order valence-electron chi connectivity index (χ2n) is 2.02. The van der Waals surface area contributed by atoms with E-state index in [1.54, 1.807) is 0 Å². The van der Waals surface area contributed by atoms with Crippen LogP contribution in [0.25, 0.3) is 0 Å². The van der Waals surface area contributed by atoms with Crippen molar-refractivity contribution in [3.63, 3.8) is 0 Å². The zero-order valence-electron chi connectivity index (χ0n) is 5.78. The first-order chi connectivity index (χ1) is 5.65. The van der Waals surface area contributed by atoms with Gasteiger partial charge in [0.15, 0.2) is 0 Å². The normalized spacial score (nSPS) is 9.42. The lowest BCUT2D eigenvalue weighted by Gasteiger charge is -1.94. The van der Waals surface area contributed by atoms with Crippen LogP contribution >= 0.6 is 11.6 Å². The van der Waals surface area contributed by atoms with Crippen LogP contribution in [-0.4, -0.2) is 11.2 Å². The highest BCUT2D eigenvalue weighted by Gasteiger charge is 2.12. The summed E-state index contributed by atoms with van der Waals surface area (Å²) in [6.45, 7) is 0. The van der Waals surface area contributed by atoms with Gasteiger partial charge in [-0.25, -0.2) is 0 Å². The molecular weight excluding hydrogens is 182 g/mol. The second-order valence-corrected chi connectivity index (χ2v) is 2.46. The van der Waals surface area contributed by atoms with Crippen molar-refractivity contribution in [3.8, 4) is 0 Å². The first-order valence-corrected chi connectivity index (χ1v) is 3.35. The van der Waals surface area contributed by atoms with Crippen LogP contribution in [0.4, 0.5) is 5.69 Å². The fourth-order valence-electron chi connectivity index (χ4n) is 0.749. The van der Waals surface area contributed by atoms with Crippen molar-refractivity contribution in [3.05, 3.63) is 38.9 Å². The lowest BCUT2D eigenvalue weighted by atomic mass is 10.2. The van der Waals surface area contributed by atoms with E-state index in [-0.39, 0.29) is 16.3 Å². The number of carbonyl (C=O) groups excluding carboxylic acids is 1. The molecule has 12 heavy (non-hydrogen) atoms. The van der Waals surface area contributed by atoms with Crippen molar-refractivity contribution in [1.29, 1.82) is 0 Å². The quantitative estimate of drug-likeness (QED) is 0.519. The third kappa shape index (κ3) is 1.60. The fourth-order valence-corrected chi connectivity index (χ4v) is 0.921. The number of nitro benzene ring substituents is 1.